The van der Waals surface area contributed by atoms with Crippen LogP contribution in [0.4, 0.5) is 0 Å². The zero-order valence-corrected chi connectivity index (χ0v) is 16.7. The summed E-state index contributed by atoms with van der Waals surface area (Å²) in [6.07, 6.45) is 2.00. The number of benzene rings is 1. The van der Waals surface area contributed by atoms with E-state index in [1.807, 2.05) is 18.2 Å². The molecule has 0 unspecified atom stereocenters. The quantitative estimate of drug-likeness (QED) is 0.645. The van der Waals surface area contributed by atoms with Crippen molar-refractivity contribution >= 4 is 11.9 Å². The van der Waals surface area contributed by atoms with E-state index in [0.717, 1.165) is 12.0 Å². The average molecular weight is 389 g/mol. The van der Waals surface area contributed by atoms with Gasteiger partial charge >= 0.3 is 5.97 Å². The van der Waals surface area contributed by atoms with Gasteiger partial charge in [0.2, 0.25) is 0 Å². The first-order valence-corrected chi connectivity index (χ1v) is 9.18. The van der Waals surface area contributed by atoms with Crippen molar-refractivity contribution in [3.05, 3.63) is 46.9 Å². The minimum absolute atomic E-state index is 0.147. The number of furan rings is 1. The van der Waals surface area contributed by atoms with Crippen LogP contribution in [0.5, 0.6) is 11.5 Å². The highest BCUT2D eigenvalue weighted by Crippen LogP contribution is 2.28. The van der Waals surface area contributed by atoms with Crippen LogP contribution >= 0.6 is 0 Å². The van der Waals surface area contributed by atoms with Crippen LogP contribution in [0.15, 0.2) is 28.9 Å². The first-order valence-electron chi connectivity index (χ1n) is 9.18. The van der Waals surface area contributed by atoms with Crippen molar-refractivity contribution in [2.24, 2.45) is 5.92 Å². The van der Waals surface area contributed by atoms with E-state index >= 15 is 0 Å². The molecule has 7 heteroatoms. The third kappa shape index (κ3) is 5.77. The normalized spacial score (nSPS) is 10.8. The van der Waals surface area contributed by atoms with Crippen molar-refractivity contribution in [3.8, 4) is 11.5 Å². The lowest BCUT2D eigenvalue weighted by molar-refractivity contribution is -0.136. The van der Waals surface area contributed by atoms with Gasteiger partial charge in [-0.2, -0.15) is 0 Å². The molecule has 152 valence electrons. The lowest BCUT2D eigenvalue weighted by Crippen LogP contribution is -2.24. The summed E-state index contributed by atoms with van der Waals surface area (Å²) in [5, 5.41) is 11.7. The third-order valence-electron chi connectivity index (χ3n) is 4.22. The van der Waals surface area contributed by atoms with E-state index in [-0.39, 0.29) is 30.2 Å². The molecular weight excluding hydrogens is 362 g/mol. The fourth-order valence-electron chi connectivity index (χ4n) is 2.69. The second kappa shape index (κ2) is 9.82. The molecule has 0 fully saturated rings. The Morgan fingerprint density at radius 3 is 2.64 bits per heavy atom. The molecule has 0 saturated carbocycles. The van der Waals surface area contributed by atoms with Gasteiger partial charge in [0.1, 0.15) is 12.2 Å². The SMILES string of the molecule is COc1cc(CNC(=O)c2c(C)coc2CC(=O)O)ccc1OCCC(C)C. The summed E-state index contributed by atoms with van der Waals surface area (Å²) in [4.78, 5) is 23.4. The first kappa shape index (κ1) is 21.3. The van der Waals surface area contributed by atoms with Gasteiger partial charge in [-0.25, -0.2) is 0 Å². The molecule has 1 amide bonds. The Hall–Kier alpha value is -2.96. The molecule has 0 radical (unpaired) electrons. The predicted octanol–water partition coefficient (Wildman–Crippen LogP) is 3.58. The summed E-state index contributed by atoms with van der Waals surface area (Å²) < 4.78 is 16.4. The number of ether oxygens (including phenoxy) is 2. The summed E-state index contributed by atoms with van der Waals surface area (Å²) >= 11 is 0. The Kier molecular flexibility index (Phi) is 7.49. The Morgan fingerprint density at radius 2 is 2.00 bits per heavy atom. The summed E-state index contributed by atoms with van der Waals surface area (Å²) in [7, 11) is 1.57. The van der Waals surface area contributed by atoms with E-state index in [1.54, 1.807) is 14.0 Å². The van der Waals surface area contributed by atoms with Crippen LogP contribution in [0.2, 0.25) is 0 Å². The molecule has 0 spiro atoms. The number of carboxylic acids is 1. The maximum absolute atomic E-state index is 12.5. The van der Waals surface area contributed by atoms with Crippen molar-refractivity contribution in [3.63, 3.8) is 0 Å². The number of methoxy groups -OCH3 is 1. The Labute approximate surface area is 164 Å². The van der Waals surface area contributed by atoms with E-state index in [2.05, 4.69) is 19.2 Å². The molecule has 2 rings (SSSR count). The Bertz CT molecular complexity index is 824. The summed E-state index contributed by atoms with van der Waals surface area (Å²) in [5.74, 6) is 0.529. The highest BCUT2D eigenvalue weighted by atomic mass is 16.5. The molecular formula is C21H27NO6. The lowest BCUT2D eigenvalue weighted by Gasteiger charge is -2.13. The maximum atomic E-state index is 12.5. The second-order valence-electron chi connectivity index (χ2n) is 6.99. The van der Waals surface area contributed by atoms with Crippen molar-refractivity contribution in [2.45, 2.75) is 40.2 Å². The van der Waals surface area contributed by atoms with Gasteiger partial charge in [-0.15, -0.1) is 0 Å². The number of carbonyl (C=O) groups excluding carboxylic acids is 1. The van der Waals surface area contributed by atoms with E-state index in [1.165, 1.54) is 6.26 Å². The van der Waals surface area contributed by atoms with Crippen molar-refractivity contribution in [1.82, 2.24) is 5.32 Å². The molecule has 2 N–H and O–H groups in total. The summed E-state index contributed by atoms with van der Waals surface area (Å²) in [6.45, 7) is 6.84. The number of amides is 1. The fourth-order valence-corrected chi connectivity index (χ4v) is 2.69. The van der Waals surface area contributed by atoms with Gasteiger partial charge in [0.25, 0.3) is 5.91 Å². The van der Waals surface area contributed by atoms with Crippen LogP contribution in [0.25, 0.3) is 0 Å². The van der Waals surface area contributed by atoms with Crippen LogP contribution in [-0.2, 0) is 17.8 Å². The number of aryl methyl sites for hydroxylation is 1. The highest BCUT2D eigenvalue weighted by Gasteiger charge is 2.20. The standard InChI is InChI=1S/C21H27NO6/c1-13(2)7-8-27-16-6-5-15(9-17(16)26-4)11-22-21(25)20-14(3)12-28-18(20)10-19(23)24/h5-6,9,12-13H,7-8,10-11H2,1-4H3,(H,22,25)(H,23,24). The number of rotatable bonds is 10. The van der Waals surface area contributed by atoms with E-state index in [0.29, 0.717) is 29.6 Å². The van der Waals surface area contributed by atoms with Crippen LogP contribution in [-0.4, -0.2) is 30.7 Å². The van der Waals surface area contributed by atoms with Gasteiger partial charge in [-0.05, 0) is 37.0 Å². The van der Waals surface area contributed by atoms with Gasteiger partial charge in [0.15, 0.2) is 11.5 Å². The first-order chi connectivity index (χ1) is 13.3. The number of aliphatic carboxylic acids is 1. The largest absolute Gasteiger partial charge is 0.493 e. The topological polar surface area (TPSA) is 98.0 Å². The van der Waals surface area contributed by atoms with Crippen LogP contribution in [0, 0.1) is 12.8 Å². The minimum Gasteiger partial charge on any atom is -0.493 e. The monoisotopic (exact) mass is 389 g/mol. The van der Waals surface area contributed by atoms with Crippen LogP contribution < -0.4 is 14.8 Å². The molecule has 7 nitrogen and oxygen atoms in total. The van der Waals surface area contributed by atoms with Gasteiger partial charge in [-0.1, -0.05) is 19.9 Å². The van der Waals surface area contributed by atoms with Crippen molar-refractivity contribution in [2.75, 3.05) is 13.7 Å². The highest BCUT2D eigenvalue weighted by molar-refractivity contribution is 5.97. The molecule has 0 aliphatic heterocycles. The molecule has 1 aromatic heterocycles. The molecule has 0 saturated heterocycles. The van der Waals surface area contributed by atoms with Crippen LogP contribution in [0.3, 0.4) is 0 Å². The Morgan fingerprint density at radius 1 is 1.25 bits per heavy atom. The molecule has 1 heterocycles. The van der Waals surface area contributed by atoms with E-state index in [4.69, 9.17) is 19.0 Å². The van der Waals surface area contributed by atoms with Crippen LogP contribution in [0.1, 0.15) is 47.5 Å². The third-order valence-corrected chi connectivity index (χ3v) is 4.22. The van der Waals surface area contributed by atoms with Gasteiger partial charge in [-0.3, -0.25) is 9.59 Å². The summed E-state index contributed by atoms with van der Waals surface area (Å²) in [5.41, 5.74) is 1.70. The number of nitrogens with one attached hydrogen (secondary N) is 1. The molecule has 1 aromatic carbocycles. The Balaban J connectivity index is 2.03. The molecule has 0 atom stereocenters. The number of hydrogen-bond donors (Lipinski definition) is 2. The predicted molar refractivity (Wildman–Crippen MR) is 104 cm³/mol. The number of hydrogen-bond acceptors (Lipinski definition) is 5. The van der Waals surface area contributed by atoms with Crippen molar-refractivity contribution < 1.29 is 28.6 Å². The van der Waals surface area contributed by atoms with Crippen molar-refractivity contribution in [1.29, 1.82) is 0 Å². The molecule has 0 aliphatic carbocycles. The van der Waals surface area contributed by atoms with Gasteiger partial charge in [0, 0.05) is 12.1 Å². The van der Waals surface area contributed by atoms with Gasteiger partial charge in [0.05, 0.1) is 25.5 Å². The van der Waals surface area contributed by atoms with E-state index < -0.39 is 5.97 Å². The average Bonchev–Trinajstić information content (AvgIpc) is 2.99. The molecule has 0 aliphatic rings. The number of carbonyl (C=O) groups is 2. The molecule has 0 bridgehead atoms. The van der Waals surface area contributed by atoms with Gasteiger partial charge < -0.3 is 24.3 Å². The maximum Gasteiger partial charge on any atom is 0.311 e. The zero-order chi connectivity index (χ0) is 20.7. The summed E-state index contributed by atoms with van der Waals surface area (Å²) in [6, 6.07) is 5.48. The smallest absolute Gasteiger partial charge is 0.311 e. The molecule has 2 aromatic rings. The lowest BCUT2D eigenvalue weighted by atomic mass is 10.1. The van der Waals surface area contributed by atoms with E-state index in [9.17, 15) is 9.59 Å². The molecule has 28 heavy (non-hydrogen) atoms. The number of carboxylic acid groups (broad SMARTS) is 1. The second-order valence-corrected chi connectivity index (χ2v) is 6.99. The fraction of sp³-hybridized carbons (Fsp3) is 0.429. The zero-order valence-electron chi connectivity index (χ0n) is 16.7. The minimum atomic E-state index is -1.05.